The maximum atomic E-state index is 13.0. The molecule has 1 aromatic heterocycles. The largest absolute Gasteiger partial charge is 0.404 e. The Labute approximate surface area is 120 Å². The fourth-order valence-electron chi connectivity index (χ4n) is 2.11. The lowest BCUT2D eigenvalue weighted by molar-refractivity contribution is -0.157. The van der Waals surface area contributed by atoms with Gasteiger partial charge in [-0.3, -0.25) is 4.98 Å². The first kappa shape index (κ1) is 15.6. The molecule has 112 valence electrons. The van der Waals surface area contributed by atoms with Gasteiger partial charge in [0.15, 0.2) is 0 Å². The van der Waals surface area contributed by atoms with Crippen molar-refractivity contribution in [2.45, 2.75) is 30.7 Å². The standard InChI is InChI=1S/C13H17F3N2OS/c14-13(15,16)11(7-10-1-4-17-5-2-10)18-8-12(19)3-6-20-9-12/h1-2,4-5,11,18-19H,3,6-9H2/t11-,12-/m1/s1. The van der Waals surface area contributed by atoms with Gasteiger partial charge in [-0.1, -0.05) is 0 Å². The summed E-state index contributed by atoms with van der Waals surface area (Å²) in [5.41, 5.74) is -0.450. The Hall–Kier alpha value is -0.790. The zero-order chi connectivity index (χ0) is 14.6. The van der Waals surface area contributed by atoms with Gasteiger partial charge in [-0.15, -0.1) is 0 Å². The van der Waals surface area contributed by atoms with Gasteiger partial charge in [0, 0.05) is 24.7 Å². The summed E-state index contributed by atoms with van der Waals surface area (Å²) in [6.45, 7) is -0.0325. The Morgan fingerprint density at radius 1 is 1.40 bits per heavy atom. The molecule has 1 aliphatic rings. The van der Waals surface area contributed by atoms with Crippen molar-refractivity contribution in [2.75, 3.05) is 18.1 Å². The SMILES string of the molecule is O[C@@]1(CN[C@H](Cc2ccncc2)C(F)(F)F)CCSC1. The van der Waals surface area contributed by atoms with Crippen LogP contribution in [0, 0.1) is 0 Å². The van der Waals surface area contributed by atoms with Crippen molar-refractivity contribution >= 4 is 11.8 Å². The lowest BCUT2D eigenvalue weighted by atomic mass is 10.0. The molecule has 0 bridgehead atoms. The molecule has 3 nitrogen and oxygen atoms in total. The maximum Gasteiger partial charge on any atom is 0.404 e. The number of hydrogen-bond acceptors (Lipinski definition) is 4. The maximum absolute atomic E-state index is 13.0. The van der Waals surface area contributed by atoms with E-state index in [-0.39, 0.29) is 13.0 Å². The Morgan fingerprint density at radius 2 is 2.10 bits per heavy atom. The fourth-order valence-corrected chi connectivity index (χ4v) is 3.40. The van der Waals surface area contributed by atoms with E-state index >= 15 is 0 Å². The lowest BCUT2D eigenvalue weighted by Gasteiger charge is -2.27. The molecule has 2 atom stereocenters. The Balaban J connectivity index is 1.97. The highest BCUT2D eigenvalue weighted by Crippen LogP contribution is 2.29. The normalized spacial score (nSPS) is 24.8. The van der Waals surface area contributed by atoms with E-state index in [0.717, 1.165) is 5.75 Å². The van der Waals surface area contributed by atoms with Gasteiger partial charge in [-0.25, -0.2) is 0 Å². The van der Waals surface area contributed by atoms with Crippen molar-refractivity contribution in [2.24, 2.45) is 0 Å². The summed E-state index contributed by atoms with van der Waals surface area (Å²) in [4.78, 5) is 3.79. The van der Waals surface area contributed by atoms with Crippen LogP contribution in [0.3, 0.4) is 0 Å². The number of rotatable bonds is 5. The minimum Gasteiger partial charge on any atom is -0.388 e. The van der Waals surface area contributed by atoms with Crippen molar-refractivity contribution in [3.05, 3.63) is 30.1 Å². The van der Waals surface area contributed by atoms with E-state index in [4.69, 9.17) is 0 Å². The highest BCUT2D eigenvalue weighted by Gasteiger charge is 2.41. The number of nitrogens with zero attached hydrogens (tertiary/aromatic N) is 1. The van der Waals surface area contributed by atoms with Crippen molar-refractivity contribution in [3.63, 3.8) is 0 Å². The van der Waals surface area contributed by atoms with Crippen LogP contribution >= 0.6 is 11.8 Å². The minimum absolute atomic E-state index is 0.0325. The van der Waals surface area contributed by atoms with Crippen molar-refractivity contribution in [3.8, 4) is 0 Å². The molecular weight excluding hydrogens is 289 g/mol. The number of thioether (sulfide) groups is 1. The molecule has 1 aromatic rings. The molecule has 1 aliphatic heterocycles. The van der Waals surface area contributed by atoms with Crippen LogP contribution in [-0.4, -0.2) is 46.0 Å². The second-order valence-electron chi connectivity index (χ2n) is 5.06. The first-order valence-corrected chi connectivity index (χ1v) is 7.54. The van der Waals surface area contributed by atoms with E-state index in [2.05, 4.69) is 10.3 Å². The Kier molecular flexibility index (Phi) is 4.93. The van der Waals surface area contributed by atoms with Crippen LogP contribution in [0.15, 0.2) is 24.5 Å². The van der Waals surface area contributed by atoms with E-state index in [1.165, 1.54) is 12.4 Å². The molecule has 0 radical (unpaired) electrons. The molecule has 0 amide bonds. The van der Waals surface area contributed by atoms with Crippen LogP contribution in [0.25, 0.3) is 0 Å². The molecule has 7 heteroatoms. The van der Waals surface area contributed by atoms with Crippen LogP contribution in [0.5, 0.6) is 0 Å². The molecule has 1 fully saturated rings. The fraction of sp³-hybridized carbons (Fsp3) is 0.615. The van der Waals surface area contributed by atoms with E-state index in [1.54, 1.807) is 23.9 Å². The van der Waals surface area contributed by atoms with E-state index in [0.29, 0.717) is 17.7 Å². The molecule has 1 saturated heterocycles. The summed E-state index contributed by atoms with van der Waals surface area (Å²) in [5, 5.41) is 12.6. The van der Waals surface area contributed by atoms with E-state index in [9.17, 15) is 18.3 Å². The molecule has 2 heterocycles. The number of halogens is 3. The predicted molar refractivity (Wildman–Crippen MR) is 72.7 cm³/mol. The van der Waals surface area contributed by atoms with Gasteiger partial charge in [0.2, 0.25) is 0 Å². The van der Waals surface area contributed by atoms with Crippen molar-refractivity contribution in [1.82, 2.24) is 10.3 Å². The molecule has 0 saturated carbocycles. The van der Waals surface area contributed by atoms with Gasteiger partial charge in [0.1, 0.15) is 6.04 Å². The zero-order valence-corrected chi connectivity index (χ0v) is 11.7. The highest BCUT2D eigenvalue weighted by atomic mass is 32.2. The third-order valence-electron chi connectivity index (χ3n) is 3.34. The summed E-state index contributed by atoms with van der Waals surface area (Å²) in [5.74, 6) is 1.28. The lowest BCUT2D eigenvalue weighted by Crippen LogP contribution is -2.51. The van der Waals surface area contributed by atoms with Crippen LogP contribution in [0.2, 0.25) is 0 Å². The van der Waals surface area contributed by atoms with Gasteiger partial charge in [0.05, 0.1) is 5.60 Å². The van der Waals surface area contributed by atoms with Crippen LogP contribution in [0.1, 0.15) is 12.0 Å². The van der Waals surface area contributed by atoms with Crippen LogP contribution < -0.4 is 5.32 Å². The summed E-state index contributed by atoms with van der Waals surface area (Å²) in [6.07, 6.45) is -1.01. The van der Waals surface area contributed by atoms with Crippen LogP contribution in [0.4, 0.5) is 13.2 Å². The second-order valence-corrected chi connectivity index (χ2v) is 6.17. The van der Waals surface area contributed by atoms with E-state index < -0.39 is 17.8 Å². The second kappa shape index (κ2) is 6.32. The molecule has 0 spiro atoms. The van der Waals surface area contributed by atoms with Crippen LogP contribution in [-0.2, 0) is 6.42 Å². The smallest absolute Gasteiger partial charge is 0.388 e. The monoisotopic (exact) mass is 306 g/mol. The first-order chi connectivity index (χ1) is 9.39. The third-order valence-corrected chi connectivity index (χ3v) is 4.58. The average Bonchev–Trinajstić information content (AvgIpc) is 2.82. The van der Waals surface area contributed by atoms with Crippen molar-refractivity contribution < 1.29 is 18.3 Å². The quantitative estimate of drug-likeness (QED) is 0.873. The third kappa shape index (κ3) is 4.36. The number of aliphatic hydroxyl groups is 1. The number of pyridine rings is 1. The molecule has 2 N–H and O–H groups in total. The van der Waals surface area contributed by atoms with Gasteiger partial charge in [-0.05, 0) is 36.3 Å². The highest BCUT2D eigenvalue weighted by molar-refractivity contribution is 7.99. The molecule has 20 heavy (non-hydrogen) atoms. The van der Waals surface area contributed by atoms with Crippen molar-refractivity contribution in [1.29, 1.82) is 0 Å². The molecule has 2 rings (SSSR count). The molecular formula is C13H17F3N2OS. The number of nitrogens with one attached hydrogen (secondary N) is 1. The Morgan fingerprint density at radius 3 is 2.65 bits per heavy atom. The van der Waals surface area contributed by atoms with Gasteiger partial charge in [-0.2, -0.15) is 24.9 Å². The number of aromatic nitrogens is 1. The predicted octanol–water partition coefficient (Wildman–Crippen LogP) is 2.01. The number of alkyl halides is 3. The Bertz CT molecular complexity index is 421. The molecule has 0 aliphatic carbocycles. The van der Waals surface area contributed by atoms with E-state index in [1.807, 2.05) is 0 Å². The molecule has 0 aromatic carbocycles. The summed E-state index contributed by atoms with van der Waals surface area (Å²) < 4.78 is 39.1. The van der Waals surface area contributed by atoms with Gasteiger partial charge in [0.25, 0.3) is 0 Å². The zero-order valence-electron chi connectivity index (χ0n) is 10.9. The summed E-state index contributed by atoms with van der Waals surface area (Å²) in [7, 11) is 0. The number of hydrogen-bond donors (Lipinski definition) is 2. The van der Waals surface area contributed by atoms with Gasteiger partial charge < -0.3 is 10.4 Å². The molecule has 0 unspecified atom stereocenters. The minimum atomic E-state index is -4.34. The summed E-state index contributed by atoms with van der Waals surface area (Å²) in [6, 6.07) is 1.49. The first-order valence-electron chi connectivity index (χ1n) is 6.38. The topological polar surface area (TPSA) is 45.1 Å². The average molecular weight is 306 g/mol. The summed E-state index contributed by atoms with van der Waals surface area (Å²) >= 11 is 1.56. The van der Waals surface area contributed by atoms with Gasteiger partial charge >= 0.3 is 6.18 Å².